The summed E-state index contributed by atoms with van der Waals surface area (Å²) in [5, 5.41) is 13.5. The topological polar surface area (TPSA) is 42.4 Å². The molecule has 0 saturated carbocycles. The number of hydrogen-bond acceptors (Lipinski definition) is 3. The smallest absolute Gasteiger partial charge is 0.217 e. The van der Waals surface area contributed by atoms with Crippen LogP contribution in [-0.4, -0.2) is 22.8 Å². The number of fused-ring (bicyclic) bond motifs is 1. The molecule has 3 nitrogen and oxygen atoms in total. The molecular formula is C26H33BrClNO2. The van der Waals surface area contributed by atoms with Gasteiger partial charge in [-0.15, -0.1) is 0 Å². The van der Waals surface area contributed by atoms with Crippen molar-refractivity contribution in [3.63, 3.8) is 0 Å². The summed E-state index contributed by atoms with van der Waals surface area (Å²) in [4.78, 5) is 4.75. The summed E-state index contributed by atoms with van der Waals surface area (Å²) in [7, 11) is 1.63. The second kappa shape index (κ2) is 11.8. The number of methoxy groups -OCH3 is 1. The molecule has 0 amide bonds. The molecule has 0 fully saturated rings. The Balaban J connectivity index is 0.00000166. The Bertz CT molecular complexity index is 969. The van der Waals surface area contributed by atoms with E-state index in [1.54, 1.807) is 7.11 Å². The van der Waals surface area contributed by atoms with Crippen LogP contribution in [0.25, 0.3) is 10.9 Å². The van der Waals surface area contributed by atoms with Crippen LogP contribution in [0.1, 0.15) is 70.4 Å². The van der Waals surface area contributed by atoms with Crippen molar-refractivity contribution in [2.24, 2.45) is 0 Å². The third-order valence-electron chi connectivity index (χ3n) is 5.38. The molecule has 0 spiro atoms. The van der Waals surface area contributed by atoms with Gasteiger partial charge >= 0.3 is 0 Å². The molecule has 0 aliphatic carbocycles. The number of ether oxygens (including phenoxy) is 1. The largest absolute Gasteiger partial charge is 0.481 e. The van der Waals surface area contributed by atoms with Gasteiger partial charge in [0.1, 0.15) is 0 Å². The van der Waals surface area contributed by atoms with E-state index in [-0.39, 0.29) is 5.92 Å². The standard InChI is InChI=1S/C24H27BrClNO2.C2H6/c1-4-12-24(28,13-5-2)22(16-6-9-19(26)10-7-16)20-15-17-14-18(25)8-11-21(17)27-23(20)29-3;1-2/h6-11,14-15,22,28H,4-5,12-13H2,1-3H3;1-2H3. The summed E-state index contributed by atoms with van der Waals surface area (Å²) >= 11 is 9.70. The minimum absolute atomic E-state index is 0.273. The lowest BCUT2D eigenvalue weighted by Crippen LogP contribution is -2.37. The zero-order chi connectivity index (χ0) is 23.0. The van der Waals surface area contributed by atoms with E-state index in [4.69, 9.17) is 21.3 Å². The predicted octanol–water partition coefficient (Wildman–Crippen LogP) is 8.15. The molecule has 31 heavy (non-hydrogen) atoms. The third kappa shape index (κ3) is 6.00. The van der Waals surface area contributed by atoms with Gasteiger partial charge in [0.05, 0.1) is 18.2 Å². The Hall–Kier alpha value is -1.62. The lowest BCUT2D eigenvalue weighted by molar-refractivity contribution is 0.00456. The molecule has 3 rings (SSSR count). The molecular weight excluding hydrogens is 474 g/mol. The maximum Gasteiger partial charge on any atom is 0.217 e. The molecule has 1 aromatic heterocycles. The highest BCUT2D eigenvalue weighted by Crippen LogP contribution is 2.44. The summed E-state index contributed by atoms with van der Waals surface area (Å²) in [5.74, 6) is 0.274. The first-order valence-electron chi connectivity index (χ1n) is 11.0. The van der Waals surface area contributed by atoms with Crippen LogP contribution in [0.5, 0.6) is 5.88 Å². The van der Waals surface area contributed by atoms with Crippen LogP contribution in [0.15, 0.2) is 53.0 Å². The highest BCUT2D eigenvalue weighted by molar-refractivity contribution is 9.10. The first-order valence-corrected chi connectivity index (χ1v) is 12.2. The Kier molecular flexibility index (Phi) is 9.80. The average molecular weight is 507 g/mol. The number of pyridine rings is 1. The molecule has 0 saturated heterocycles. The average Bonchev–Trinajstić information content (AvgIpc) is 2.76. The van der Waals surface area contributed by atoms with E-state index in [0.29, 0.717) is 23.7 Å². The van der Waals surface area contributed by atoms with Crippen molar-refractivity contribution >= 4 is 38.4 Å². The lowest BCUT2D eigenvalue weighted by Gasteiger charge is -2.37. The molecule has 1 heterocycles. The Labute approximate surface area is 199 Å². The summed E-state index contributed by atoms with van der Waals surface area (Å²) in [6.07, 6.45) is 3.15. The maximum atomic E-state index is 11.9. The molecule has 0 radical (unpaired) electrons. The number of nitrogens with zero attached hydrogens (tertiary/aromatic N) is 1. The van der Waals surface area contributed by atoms with E-state index in [9.17, 15) is 5.11 Å². The molecule has 1 atom stereocenters. The molecule has 0 aliphatic heterocycles. The van der Waals surface area contributed by atoms with Gasteiger partial charge in [-0.1, -0.05) is 80.2 Å². The SMILES string of the molecule is CC.CCCC(O)(CCC)C(c1ccc(Cl)cc1)c1cc2cc(Br)ccc2nc1OC. The maximum absolute atomic E-state index is 11.9. The van der Waals surface area contributed by atoms with Crippen molar-refractivity contribution in [2.45, 2.75) is 64.9 Å². The molecule has 1 unspecified atom stereocenters. The number of hydrogen-bond donors (Lipinski definition) is 1. The van der Waals surface area contributed by atoms with Crippen LogP contribution in [0.4, 0.5) is 0 Å². The zero-order valence-electron chi connectivity index (χ0n) is 19.1. The summed E-state index contributed by atoms with van der Waals surface area (Å²) in [6, 6.07) is 15.8. The molecule has 0 aliphatic rings. The fraction of sp³-hybridized carbons (Fsp3) is 0.423. The molecule has 0 bridgehead atoms. The molecule has 5 heteroatoms. The lowest BCUT2D eigenvalue weighted by atomic mass is 9.73. The summed E-state index contributed by atoms with van der Waals surface area (Å²) in [6.45, 7) is 8.21. The first kappa shape index (κ1) is 25.6. The van der Waals surface area contributed by atoms with E-state index in [0.717, 1.165) is 39.3 Å². The Morgan fingerprint density at radius 1 is 1.03 bits per heavy atom. The molecule has 168 valence electrons. The third-order valence-corrected chi connectivity index (χ3v) is 6.13. The summed E-state index contributed by atoms with van der Waals surface area (Å²) < 4.78 is 6.69. The van der Waals surface area contributed by atoms with Crippen LogP contribution in [0.3, 0.4) is 0 Å². The van der Waals surface area contributed by atoms with E-state index in [1.807, 2.05) is 56.3 Å². The van der Waals surface area contributed by atoms with Crippen LogP contribution < -0.4 is 4.74 Å². The van der Waals surface area contributed by atoms with Crippen molar-refractivity contribution in [2.75, 3.05) is 7.11 Å². The Morgan fingerprint density at radius 2 is 1.65 bits per heavy atom. The fourth-order valence-corrected chi connectivity index (χ4v) is 4.74. The van der Waals surface area contributed by atoms with E-state index in [2.05, 4.69) is 35.8 Å². The van der Waals surface area contributed by atoms with Crippen molar-refractivity contribution in [1.29, 1.82) is 0 Å². The van der Waals surface area contributed by atoms with E-state index in [1.165, 1.54) is 0 Å². The first-order chi connectivity index (χ1) is 14.9. The van der Waals surface area contributed by atoms with Gasteiger partial charge in [-0.2, -0.15) is 0 Å². The van der Waals surface area contributed by atoms with Gasteiger partial charge in [-0.25, -0.2) is 4.98 Å². The van der Waals surface area contributed by atoms with Gasteiger partial charge in [0, 0.05) is 26.4 Å². The number of rotatable bonds is 8. The van der Waals surface area contributed by atoms with Gasteiger partial charge in [0.2, 0.25) is 5.88 Å². The van der Waals surface area contributed by atoms with Crippen molar-refractivity contribution in [3.05, 3.63) is 69.2 Å². The number of aliphatic hydroxyl groups is 1. The quantitative estimate of drug-likeness (QED) is 0.335. The fourth-order valence-electron chi connectivity index (χ4n) is 4.23. The number of benzene rings is 2. The van der Waals surface area contributed by atoms with Gasteiger partial charge in [0.25, 0.3) is 0 Å². The minimum atomic E-state index is -0.911. The van der Waals surface area contributed by atoms with Crippen molar-refractivity contribution in [3.8, 4) is 5.88 Å². The zero-order valence-corrected chi connectivity index (χ0v) is 21.4. The Morgan fingerprint density at radius 3 is 2.19 bits per heavy atom. The van der Waals surface area contributed by atoms with Crippen LogP contribution >= 0.6 is 27.5 Å². The van der Waals surface area contributed by atoms with E-state index >= 15 is 0 Å². The van der Waals surface area contributed by atoms with Crippen molar-refractivity contribution in [1.82, 2.24) is 4.98 Å². The second-order valence-electron chi connectivity index (χ2n) is 7.51. The highest BCUT2D eigenvalue weighted by Gasteiger charge is 2.39. The van der Waals surface area contributed by atoms with Gasteiger partial charge in [0.15, 0.2) is 0 Å². The van der Waals surface area contributed by atoms with Crippen LogP contribution in [-0.2, 0) is 0 Å². The molecule has 2 aromatic carbocycles. The number of halogens is 2. The normalized spacial score (nSPS) is 12.3. The monoisotopic (exact) mass is 505 g/mol. The van der Waals surface area contributed by atoms with Gasteiger partial charge in [-0.3, -0.25) is 0 Å². The predicted molar refractivity (Wildman–Crippen MR) is 135 cm³/mol. The van der Waals surface area contributed by atoms with Crippen molar-refractivity contribution < 1.29 is 9.84 Å². The molecule has 3 aromatic rings. The summed E-state index contributed by atoms with van der Waals surface area (Å²) in [5.41, 5.74) is 1.85. The minimum Gasteiger partial charge on any atom is -0.481 e. The van der Waals surface area contributed by atoms with E-state index < -0.39 is 5.60 Å². The van der Waals surface area contributed by atoms with Gasteiger partial charge in [-0.05, 0) is 54.8 Å². The second-order valence-corrected chi connectivity index (χ2v) is 8.86. The highest BCUT2D eigenvalue weighted by atomic mass is 79.9. The van der Waals surface area contributed by atoms with Crippen LogP contribution in [0.2, 0.25) is 5.02 Å². The van der Waals surface area contributed by atoms with Crippen LogP contribution in [0, 0.1) is 0 Å². The number of aromatic nitrogens is 1. The van der Waals surface area contributed by atoms with Gasteiger partial charge < -0.3 is 9.84 Å². The molecule has 1 N–H and O–H groups in total.